The van der Waals surface area contributed by atoms with Gasteiger partial charge in [-0.3, -0.25) is 0 Å². The molecule has 0 saturated carbocycles. The summed E-state index contributed by atoms with van der Waals surface area (Å²) in [7, 11) is 0. The van der Waals surface area contributed by atoms with E-state index in [2.05, 4.69) is 212 Å². The lowest BCUT2D eigenvalue weighted by atomic mass is 9.36. The van der Waals surface area contributed by atoms with Crippen LogP contribution in [0.5, 0.6) is 0 Å². The quantitative estimate of drug-likeness (QED) is 0.163. The smallest absolute Gasteiger partial charge is 0.0905 e. The van der Waals surface area contributed by atoms with Gasteiger partial charge in [0.15, 0.2) is 0 Å². The Bertz CT molecular complexity index is 2870. The van der Waals surface area contributed by atoms with E-state index in [0.29, 0.717) is 0 Å². The molecule has 0 fully saturated rings. The molecule has 0 spiro atoms. The van der Waals surface area contributed by atoms with Gasteiger partial charge in [0.05, 0.1) is 10.8 Å². The van der Waals surface area contributed by atoms with Crippen molar-refractivity contribution in [2.24, 2.45) is 0 Å². The first-order valence-electron chi connectivity index (χ1n) is 20.5. The summed E-state index contributed by atoms with van der Waals surface area (Å²) in [5.41, 5.74) is 19.5. The van der Waals surface area contributed by atoms with Crippen molar-refractivity contribution in [2.75, 3.05) is 0 Å². The molecule has 59 heavy (non-hydrogen) atoms. The number of hydrogen-bond donors (Lipinski definition) is 0. The van der Waals surface area contributed by atoms with Gasteiger partial charge < -0.3 is 0 Å². The second-order valence-electron chi connectivity index (χ2n) is 16.2. The molecule has 13 rings (SSSR count). The predicted octanol–water partition coefficient (Wildman–Crippen LogP) is 11.9. The number of hydrogen-bond acceptors (Lipinski definition) is 2. The van der Waals surface area contributed by atoms with E-state index >= 15 is 0 Å². The van der Waals surface area contributed by atoms with E-state index in [9.17, 15) is 0 Å². The Morgan fingerprint density at radius 2 is 0.661 bits per heavy atom. The van der Waals surface area contributed by atoms with Crippen molar-refractivity contribution >= 4 is 46.6 Å². The van der Waals surface area contributed by atoms with Crippen molar-refractivity contribution in [3.63, 3.8) is 0 Å². The topological polar surface area (TPSA) is 0 Å². The van der Waals surface area contributed by atoms with E-state index in [0.717, 1.165) is 0 Å². The first-order chi connectivity index (χ1) is 29.3. The van der Waals surface area contributed by atoms with E-state index in [1.165, 1.54) is 103 Å². The summed E-state index contributed by atoms with van der Waals surface area (Å²) in [6.07, 6.45) is 0. The highest BCUT2D eigenvalue weighted by molar-refractivity contribution is 8.01. The van der Waals surface area contributed by atoms with Crippen molar-refractivity contribution in [1.29, 1.82) is 0 Å². The van der Waals surface area contributed by atoms with Crippen LogP contribution in [-0.2, 0) is 10.8 Å². The first kappa shape index (κ1) is 33.7. The average Bonchev–Trinajstić information content (AvgIpc) is 3.79. The van der Waals surface area contributed by atoms with Crippen molar-refractivity contribution in [3.8, 4) is 22.3 Å². The van der Waals surface area contributed by atoms with Crippen LogP contribution in [-0.4, -0.2) is 6.71 Å². The van der Waals surface area contributed by atoms with Gasteiger partial charge in [-0.1, -0.05) is 235 Å². The minimum atomic E-state index is -0.435. The Hall–Kier alpha value is -6.26. The fourth-order valence-electron chi connectivity index (χ4n) is 11.4. The summed E-state index contributed by atoms with van der Waals surface area (Å²) in [5, 5.41) is 0. The molecule has 2 aliphatic heterocycles. The summed E-state index contributed by atoms with van der Waals surface area (Å²) < 4.78 is 0. The van der Waals surface area contributed by atoms with Crippen molar-refractivity contribution in [3.05, 3.63) is 257 Å². The Morgan fingerprint density at radius 3 is 1.05 bits per heavy atom. The van der Waals surface area contributed by atoms with E-state index < -0.39 is 10.8 Å². The lowest BCUT2D eigenvalue weighted by Crippen LogP contribution is -2.58. The third-order valence-electron chi connectivity index (χ3n) is 13.6. The predicted molar refractivity (Wildman–Crippen MR) is 247 cm³/mol. The maximum absolute atomic E-state index is 2.50. The van der Waals surface area contributed by atoms with Crippen LogP contribution >= 0.6 is 23.5 Å². The molecule has 3 heteroatoms. The van der Waals surface area contributed by atoms with Crippen LogP contribution in [0.1, 0.15) is 44.5 Å². The molecule has 2 heterocycles. The molecule has 0 radical (unpaired) electrons. The van der Waals surface area contributed by atoms with Gasteiger partial charge in [0.2, 0.25) is 6.71 Å². The molecular formula is C56H35BS2. The third kappa shape index (κ3) is 4.34. The maximum Gasteiger partial charge on any atom is 0.247 e. The zero-order valence-electron chi connectivity index (χ0n) is 32.1. The summed E-state index contributed by atoms with van der Waals surface area (Å²) in [4.78, 5) is 5.51. The molecule has 0 saturated heterocycles. The molecule has 9 aromatic carbocycles. The molecule has 274 valence electrons. The van der Waals surface area contributed by atoms with Crippen LogP contribution in [0, 0.1) is 0 Å². The largest absolute Gasteiger partial charge is 0.247 e. The van der Waals surface area contributed by atoms with Gasteiger partial charge in [0, 0.05) is 30.7 Å². The summed E-state index contributed by atoms with van der Waals surface area (Å²) in [6.45, 7) is 0.107. The van der Waals surface area contributed by atoms with Crippen LogP contribution in [0.2, 0.25) is 0 Å². The van der Waals surface area contributed by atoms with Crippen molar-refractivity contribution < 1.29 is 0 Å². The summed E-state index contributed by atoms with van der Waals surface area (Å²) >= 11 is 3.96. The molecule has 9 aromatic rings. The minimum absolute atomic E-state index is 0.107. The minimum Gasteiger partial charge on any atom is -0.0905 e. The van der Waals surface area contributed by atoms with Crippen LogP contribution in [0.25, 0.3) is 22.3 Å². The molecule has 0 bridgehead atoms. The molecule has 0 unspecified atom stereocenters. The second-order valence-corrected chi connectivity index (χ2v) is 18.3. The normalized spacial score (nSPS) is 15.2. The highest BCUT2D eigenvalue weighted by Gasteiger charge is 2.51. The standard InChI is InChI=1S/C56H35BS2/c1-5-18-36(19-6-1)55(37-20-7-2-8-21-37)42-28-15-13-26-40(42)50-44(55)32-34-46-53(50)58-48-30-17-31-49-52(48)57(46)47-35-33-45-51(54(47)59-49)41-27-14-16-29-43(41)56(45,38-22-9-3-10-23-38)39-24-11-4-12-25-39/h1-35H. The van der Waals surface area contributed by atoms with Gasteiger partial charge in [-0.2, -0.15) is 0 Å². The number of benzene rings is 9. The summed E-state index contributed by atoms with van der Waals surface area (Å²) in [6, 6.07) is 80.1. The maximum atomic E-state index is 2.50. The van der Waals surface area contributed by atoms with E-state index in [1.54, 1.807) is 0 Å². The molecule has 0 amide bonds. The fraction of sp³-hybridized carbons (Fsp3) is 0.0357. The molecule has 2 aliphatic carbocycles. The van der Waals surface area contributed by atoms with E-state index in [1.807, 2.05) is 23.5 Å². The van der Waals surface area contributed by atoms with Crippen LogP contribution < -0.4 is 16.4 Å². The molecule has 0 N–H and O–H groups in total. The first-order valence-corrected chi connectivity index (χ1v) is 22.2. The van der Waals surface area contributed by atoms with Gasteiger partial charge in [0.25, 0.3) is 0 Å². The highest BCUT2D eigenvalue weighted by atomic mass is 32.2. The Balaban J connectivity index is 1.10. The Morgan fingerprint density at radius 1 is 0.305 bits per heavy atom. The average molecular weight is 783 g/mol. The zero-order valence-corrected chi connectivity index (χ0v) is 33.7. The van der Waals surface area contributed by atoms with Gasteiger partial charge in [-0.05, 0) is 73.2 Å². The zero-order chi connectivity index (χ0) is 38.7. The van der Waals surface area contributed by atoms with Gasteiger partial charge in [0.1, 0.15) is 0 Å². The third-order valence-corrected chi connectivity index (χ3v) is 16.0. The molecular weight excluding hydrogens is 748 g/mol. The SMILES string of the molecule is c1ccc(C2(c3ccccc3)c3ccccc3-c3c2ccc2c3Sc3cccc4c3B2c2ccc3c(c2S4)-c2ccccc2C3(c2ccccc2)c2ccccc2)cc1. The highest BCUT2D eigenvalue weighted by Crippen LogP contribution is 2.61. The molecule has 4 aliphatic rings. The van der Waals surface area contributed by atoms with E-state index in [-0.39, 0.29) is 6.71 Å². The lowest BCUT2D eigenvalue weighted by molar-refractivity contribution is 0.767. The number of fused-ring (bicyclic) bond motifs is 12. The monoisotopic (exact) mass is 782 g/mol. The van der Waals surface area contributed by atoms with Crippen LogP contribution in [0.15, 0.2) is 232 Å². The molecule has 0 nitrogen and oxygen atoms in total. The molecule has 0 aromatic heterocycles. The fourth-order valence-corrected chi connectivity index (χ4v) is 14.1. The lowest BCUT2D eigenvalue weighted by Gasteiger charge is -2.37. The molecule has 0 atom stereocenters. The van der Waals surface area contributed by atoms with E-state index in [4.69, 9.17) is 0 Å². The summed E-state index contributed by atoms with van der Waals surface area (Å²) in [5.74, 6) is 0. The van der Waals surface area contributed by atoms with Gasteiger partial charge >= 0.3 is 0 Å². The number of rotatable bonds is 4. The Labute approximate surface area is 354 Å². The second kappa shape index (κ2) is 12.6. The van der Waals surface area contributed by atoms with Crippen molar-refractivity contribution in [1.82, 2.24) is 0 Å². The van der Waals surface area contributed by atoms with Crippen molar-refractivity contribution in [2.45, 2.75) is 30.4 Å². The van der Waals surface area contributed by atoms with Crippen LogP contribution in [0.4, 0.5) is 0 Å². The van der Waals surface area contributed by atoms with Crippen LogP contribution in [0.3, 0.4) is 0 Å². The van der Waals surface area contributed by atoms with Gasteiger partial charge in [-0.15, -0.1) is 0 Å². The Kier molecular flexibility index (Phi) is 7.21. The van der Waals surface area contributed by atoms with Gasteiger partial charge in [-0.25, -0.2) is 0 Å².